The first-order valence-corrected chi connectivity index (χ1v) is 6.80. The summed E-state index contributed by atoms with van der Waals surface area (Å²) < 4.78 is 0. The Kier molecular flexibility index (Phi) is 2.43. The van der Waals surface area contributed by atoms with Crippen LogP contribution in [-0.4, -0.2) is 10.8 Å². The van der Waals surface area contributed by atoms with Crippen LogP contribution in [0.15, 0.2) is 60.8 Å². The topological polar surface area (TPSA) is 30.0 Å². The molecular weight excluding hydrogens is 246 g/mol. The van der Waals surface area contributed by atoms with E-state index in [0.29, 0.717) is 5.56 Å². The normalized spacial score (nSPS) is 16.5. The zero-order valence-electron chi connectivity index (χ0n) is 10.9. The van der Waals surface area contributed by atoms with Gasteiger partial charge in [0.1, 0.15) is 0 Å². The van der Waals surface area contributed by atoms with E-state index in [0.717, 1.165) is 17.3 Å². The van der Waals surface area contributed by atoms with Crippen molar-refractivity contribution in [1.29, 1.82) is 0 Å². The zero-order valence-corrected chi connectivity index (χ0v) is 10.9. The summed E-state index contributed by atoms with van der Waals surface area (Å²) in [4.78, 5) is 17.0. The van der Waals surface area contributed by atoms with Crippen molar-refractivity contribution in [3.63, 3.8) is 0 Å². The molecule has 0 spiro atoms. The summed E-state index contributed by atoms with van der Waals surface area (Å²) in [5.74, 6) is 0.191. The van der Waals surface area contributed by atoms with Crippen LogP contribution in [0, 0.1) is 0 Å². The minimum Gasteiger partial charge on any atom is -0.293 e. The number of pyridine rings is 1. The maximum Gasteiger partial charge on any atom is 0.172 e. The summed E-state index contributed by atoms with van der Waals surface area (Å²) in [5.41, 5.74) is 4.10. The highest BCUT2D eigenvalue weighted by Gasteiger charge is 2.32. The summed E-state index contributed by atoms with van der Waals surface area (Å²) in [6, 6.07) is 18.0. The van der Waals surface area contributed by atoms with E-state index in [9.17, 15) is 4.79 Å². The smallest absolute Gasteiger partial charge is 0.172 e. The second-order valence-electron chi connectivity index (χ2n) is 5.24. The Labute approximate surface area is 117 Å². The van der Waals surface area contributed by atoms with Gasteiger partial charge in [-0.05, 0) is 29.7 Å². The summed E-state index contributed by atoms with van der Waals surface area (Å²) in [6.07, 6.45) is 2.55. The molecule has 0 amide bonds. The number of hydrogen-bond donors (Lipinski definition) is 0. The molecule has 3 aromatic rings. The third kappa shape index (κ3) is 1.65. The third-order valence-corrected chi connectivity index (χ3v) is 4.05. The van der Waals surface area contributed by atoms with Crippen molar-refractivity contribution in [2.45, 2.75) is 12.3 Å². The molecule has 0 N–H and O–H groups in total. The van der Waals surface area contributed by atoms with Gasteiger partial charge in [-0.2, -0.15) is 0 Å². The van der Waals surface area contributed by atoms with E-state index in [1.165, 1.54) is 11.1 Å². The van der Waals surface area contributed by atoms with Crippen LogP contribution in [-0.2, 0) is 6.42 Å². The first-order valence-electron chi connectivity index (χ1n) is 6.80. The number of Topliss-reactive ketones (excluding diaryl/α,β-unsaturated/α-hetero) is 1. The number of carbonyl (C=O) groups is 1. The average molecular weight is 259 g/mol. The van der Waals surface area contributed by atoms with Crippen molar-refractivity contribution in [2.24, 2.45) is 0 Å². The maximum atomic E-state index is 12.6. The fourth-order valence-corrected chi connectivity index (χ4v) is 2.90. The predicted octanol–water partition coefficient (Wildman–Crippen LogP) is 3.76. The second-order valence-corrected chi connectivity index (χ2v) is 5.24. The van der Waals surface area contributed by atoms with E-state index in [-0.39, 0.29) is 11.7 Å². The lowest BCUT2D eigenvalue weighted by Gasteiger charge is -2.28. The van der Waals surface area contributed by atoms with Crippen LogP contribution in [0.1, 0.15) is 27.4 Å². The quantitative estimate of drug-likeness (QED) is 0.656. The van der Waals surface area contributed by atoms with Gasteiger partial charge in [0.15, 0.2) is 5.78 Å². The van der Waals surface area contributed by atoms with E-state index >= 15 is 0 Å². The van der Waals surface area contributed by atoms with E-state index < -0.39 is 0 Å². The van der Waals surface area contributed by atoms with Crippen LogP contribution in [0.25, 0.3) is 10.9 Å². The van der Waals surface area contributed by atoms with Gasteiger partial charge in [0.05, 0.1) is 11.4 Å². The van der Waals surface area contributed by atoms with E-state index in [4.69, 9.17) is 0 Å². The lowest BCUT2D eigenvalue weighted by atomic mass is 9.74. The van der Waals surface area contributed by atoms with Gasteiger partial charge in [-0.3, -0.25) is 9.78 Å². The molecule has 0 radical (unpaired) electrons. The summed E-state index contributed by atoms with van der Waals surface area (Å²) in [5, 5.41) is 1.02. The van der Waals surface area contributed by atoms with Crippen LogP contribution in [0.4, 0.5) is 0 Å². The van der Waals surface area contributed by atoms with Gasteiger partial charge in [-0.25, -0.2) is 0 Å². The molecule has 1 aliphatic rings. The number of carbonyl (C=O) groups excluding carboxylic acids is 1. The maximum absolute atomic E-state index is 12.6. The number of nitrogens with zero attached hydrogens (tertiary/aromatic N) is 1. The molecule has 0 bridgehead atoms. The van der Waals surface area contributed by atoms with Crippen LogP contribution < -0.4 is 0 Å². The first kappa shape index (κ1) is 11.4. The number of para-hydroxylation sites is 1. The fraction of sp³-hybridized carbons (Fsp3) is 0.111. The van der Waals surface area contributed by atoms with Gasteiger partial charge < -0.3 is 0 Å². The zero-order chi connectivity index (χ0) is 13.5. The van der Waals surface area contributed by atoms with Gasteiger partial charge in [-0.1, -0.05) is 42.5 Å². The number of rotatable bonds is 2. The SMILES string of the molecule is O=C(c1cnc2ccccc2c1)C1Cc2ccccc21. The molecule has 1 atom stereocenters. The average Bonchev–Trinajstić information content (AvgIpc) is 2.48. The van der Waals surface area contributed by atoms with E-state index in [2.05, 4.69) is 17.1 Å². The summed E-state index contributed by atoms with van der Waals surface area (Å²) in [6.45, 7) is 0. The molecule has 0 fully saturated rings. The van der Waals surface area contributed by atoms with Crippen molar-refractivity contribution in [1.82, 2.24) is 4.98 Å². The third-order valence-electron chi connectivity index (χ3n) is 4.05. The molecule has 96 valence electrons. The van der Waals surface area contributed by atoms with Crippen molar-refractivity contribution < 1.29 is 4.79 Å². The fourth-order valence-electron chi connectivity index (χ4n) is 2.90. The Hall–Kier alpha value is -2.48. The van der Waals surface area contributed by atoms with Crippen LogP contribution in [0.5, 0.6) is 0 Å². The van der Waals surface area contributed by atoms with Gasteiger partial charge >= 0.3 is 0 Å². The Morgan fingerprint density at radius 3 is 2.75 bits per heavy atom. The molecule has 1 aliphatic carbocycles. The Bertz CT molecular complexity index is 822. The van der Waals surface area contributed by atoms with Gasteiger partial charge in [0.25, 0.3) is 0 Å². The van der Waals surface area contributed by atoms with Gasteiger partial charge in [0, 0.05) is 17.1 Å². The molecule has 1 unspecified atom stereocenters. The summed E-state index contributed by atoms with van der Waals surface area (Å²) >= 11 is 0. The number of fused-ring (bicyclic) bond motifs is 2. The van der Waals surface area contributed by atoms with Crippen LogP contribution in [0.2, 0.25) is 0 Å². The molecule has 2 nitrogen and oxygen atoms in total. The molecule has 0 aliphatic heterocycles. The number of hydrogen-bond acceptors (Lipinski definition) is 2. The molecular formula is C18H13NO. The molecule has 2 heteroatoms. The number of aromatic nitrogens is 1. The lowest BCUT2D eigenvalue weighted by Crippen LogP contribution is -2.25. The highest BCUT2D eigenvalue weighted by Crippen LogP contribution is 2.37. The largest absolute Gasteiger partial charge is 0.293 e. The minimum atomic E-state index is 0.00848. The predicted molar refractivity (Wildman–Crippen MR) is 79.0 cm³/mol. The summed E-state index contributed by atoms with van der Waals surface area (Å²) in [7, 11) is 0. The van der Waals surface area contributed by atoms with Crippen molar-refractivity contribution in [3.8, 4) is 0 Å². The Morgan fingerprint density at radius 1 is 1.05 bits per heavy atom. The molecule has 1 aromatic heterocycles. The monoisotopic (exact) mass is 259 g/mol. The molecule has 0 saturated carbocycles. The molecule has 20 heavy (non-hydrogen) atoms. The molecule has 2 aromatic carbocycles. The lowest BCUT2D eigenvalue weighted by molar-refractivity contribution is 0.0949. The van der Waals surface area contributed by atoms with Crippen molar-refractivity contribution in [2.75, 3.05) is 0 Å². The minimum absolute atomic E-state index is 0.00848. The molecule has 1 heterocycles. The Balaban J connectivity index is 1.72. The first-order chi connectivity index (χ1) is 9.83. The van der Waals surface area contributed by atoms with Gasteiger partial charge in [0.2, 0.25) is 0 Å². The Morgan fingerprint density at radius 2 is 1.85 bits per heavy atom. The number of benzene rings is 2. The van der Waals surface area contributed by atoms with E-state index in [1.54, 1.807) is 6.20 Å². The highest BCUT2D eigenvalue weighted by molar-refractivity contribution is 6.04. The molecule has 4 rings (SSSR count). The number of ketones is 1. The highest BCUT2D eigenvalue weighted by atomic mass is 16.1. The van der Waals surface area contributed by atoms with Crippen molar-refractivity contribution >= 4 is 16.7 Å². The second kappa shape index (κ2) is 4.27. The molecule has 0 saturated heterocycles. The van der Waals surface area contributed by atoms with Crippen molar-refractivity contribution in [3.05, 3.63) is 77.5 Å². The van der Waals surface area contributed by atoms with Crippen LogP contribution >= 0.6 is 0 Å². The van der Waals surface area contributed by atoms with Gasteiger partial charge in [-0.15, -0.1) is 0 Å². The van der Waals surface area contributed by atoms with E-state index in [1.807, 2.05) is 42.5 Å². The van der Waals surface area contributed by atoms with Crippen LogP contribution in [0.3, 0.4) is 0 Å². The standard InChI is InChI=1S/C18H13NO/c20-18(16-10-12-5-1-3-7-15(12)16)14-9-13-6-2-4-8-17(13)19-11-14/h1-9,11,16H,10H2.